The van der Waals surface area contributed by atoms with E-state index in [9.17, 15) is 14.4 Å². The number of carbonyl (C=O) groups is 3. The molecule has 0 aliphatic carbocycles. The van der Waals surface area contributed by atoms with Crippen LogP contribution in [0.1, 0.15) is 46.0 Å². The van der Waals surface area contributed by atoms with E-state index in [-0.39, 0.29) is 24.5 Å². The summed E-state index contributed by atoms with van der Waals surface area (Å²) in [6, 6.07) is 5.37. The SMILES string of the molecule is Cc1ccc2c(c1)C(=O)N(CC(=O)NC1CCCNC1C)C2=O. The van der Waals surface area contributed by atoms with Crippen molar-refractivity contribution in [2.75, 3.05) is 13.1 Å². The van der Waals surface area contributed by atoms with Gasteiger partial charge in [-0.15, -0.1) is 0 Å². The second-order valence-corrected chi connectivity index (χ2v) is 6.30. The highest BCUT2D eigenvalue weighted by atomic mass is 16.2. The summed E-state index contributed by atoms with van der Waals surface area (Å²) < 4.78 is 0. The van der Waals surface area contributed by atoms with Crippen molar-refractivity contribution in [1.29, 1.82) is 0 Å². The maximum Gasteiger partial charge on any atom is 0.262 e. The highest BCUT2D eigenvalue weighted by molar-refractivity contribution is 6.22. The summed E-state index contributed by atoms with van der Waals surface area (Å²) in [7, 11) is 0. The molecule has 3 amide bonds. The molecule has 1 aromatic rings. The van der Waals surface area contributed by atoms with Crippen molar-refractivity contribution < 1.29 is 14.4 Å². The van der Waals surface area contributed by atoms with Gasteiger partial charge in [0.05, 0.1) is 11.1 Å². The third-order valence-corrected chi connectivity index (χ3v) is 4.54. The molecule has 0 aromatic heterocycles. The monoisotopic (exact) mass is 315 g/mol. The fourth-order valence-electron chi connectivity index (χ4n) is 3.19. The predicted octanol–water partition coefficient (Wildman–Crippen LogP) is 0.848. The number of hydrogen-bond acceptors (Lipinski definition) is 4. The molecule has 1 saturated heterocycles. The lowest BCUT2D eigenvalue weighted by atomic mass is 10.00. The van der Waals surface area contributed by atoms with Gasteiger partial charge in [-0.05, 0) is 45.4 Å². The fraction of sp³-hybridized carbons (Fsp3) is 0.471. The number of nitrogens with one attached hydrogen (secondary N) is 2. The van der Waals surface area contributed by atoms with Crippen LogP contribution in [0.25, 0.3) is 0 Å². The second kappa shape index (κ2) is 6.12. The lowest BCUT2D eigenvalue weighted by Crippen LogP contribution is -2.54. The van der Waals surface area contributed by atoms with Crippen molar-refractivity contribution in [3.63, 3.8) is 0 Å². The van der Waals surface area contributed by atoms with Crippen molar-refractivity contribution in [3.05, 3.63) is 34.9 Å². The topological polar surface area (TPSA) is 78.5 Å². The van der Waals surface area contributed by atoms with Gasteiger partial charge in [0.2, 0.25) is 5.91 Å². The molecule has 1 aromatic carbocycles. The lowest BCUT2D eigenvalue weighted by Gasteiger charge is -2.31. The first-order valence-corrected chi connectivity index (χ1v) is 7.97. The summed E-state index contributed by atoms with van der Waals surface area (Å²) in [5.41, 5.74) is 1.68. The molecule has 0 radical (unpaired) electrons. The van der Waals surface area contributed by atoms with Gasteiger partial charge in [0.15, 0.2) is 0 Å². The molecule has 0 bridgehead atoms. The molecule has 2 aliphatic heterocycles. The van der Waals surface area contributed by atoms with E-state index < -0.39 is 11.8 Å². The van der Waals surface area contributed by atoms with Gasteiger partial charge in [-0.1, -0.05) is 11.6 Å². The van der Waals surface area contributed by atoms with E-state index in [0.717, 1.165) is 29.8 Å². The molecular formula is C17H21N3O3. The molecule has 2 unspecified atom stereocenters. The number of piperidine rings is 1. The zero-order chi connectivity index (χ0) is 16.6. The van der Waals surface area contributed by atoms with Gasteiger partial charge in [0.25, 0.3) is 11.8 Å². The third-order valence-electron chi connectivity index (χ3n) is 4.54. The molecule has 23 heavy (non-hydrogen) atoms. The maximum atomic E-state index is 12.4. The first-order valence-electron chi connectivity index (χ1n) is 7.97. The van der Waals surface area contributed by atoms with Gasteiger partial charge >= 0.3 is 0 Å². The summed E-state index contributed by atoms with van der Waals surface area (Å²) in [5.74, 6) is -1.08. The zero-order valence-electron chi connectivity index (χ0n) is 13.4. The zero-order valence-corrected chi connectivity index (χ0v) is 13.4. The quantitative estimate of drug-likeness (QED) is 0.811. The van der Waals surface area contributed by atoms with Crippen LogP contribution in [0.4, 0.5) is 0 Å². The largest absolute Gasteiger partial charge is 0.350 e. The van der Waals surface area contributed by atoms with Crippen LogP contribution >= 0.6 is 0 Å². The Hall–Kier alpha value is -2.21. The Labute approximate surface area is 135 Å². The number of fused-ring (bicyclic) bond motifs is 1. The smallest absolute Gasteiger partial charge is 0.262 e. The first-order chi connectivity index (χ1) is 11.0. The third kappa shape index (κ3) is 2.99. The average Bonchev–Trinajstić information content (AvgIpc) is 2.74. The minimum Gasteiger partial charge on any atom is -0.350 e. The Morgan fingerprint density at radius 2 is 2.04 bits per heavy atom. The fourth-order valence-corrected chi connectivity index (χ4v) is 3.19. The van der Waals surface area contributed by atoms with Crippen molar-refractivity contribution in [2.24, 2.45) is 0 Å². The normalized spacial score (nSPS) is 23.8. The Morgan fingerprint density at radius 1 is 1.30 bits per heavy atom. The average molecular weight is 315 g/mol. The van der Waals surface area contributed by atoms with E-state index in [0.29, 0.717) is 11.1 Å². The van der Waals surface area contributed by atoms with Crippen molar-refractivity contribution in [1.82, 2.24) is 15.5 Å². The van der Waals surface area contributed by atoms with Crippen molar-refractivity contribution in [3.8, 4) is 0 Å². The summed E-state index contributed by atoms with van der Waals surface area (Å²) in [6.07, 6.45) is 1.91. The van der Waals surface area contributed by atoms with E-state index in [1.807, 2.05) is 13.8 Å². The van der Waals surface area contributed by atoms with Gasteiger partial charge in [0, 0.05) is 12.1 Å². The minimum atomic E-state index is -0.394. The van der Waals surface area contributed by atoms with E-state index in [1.165, 1.54) is 0 Å². The highest BCUT2D eigenvalue weighted by Crippen LogP contribution is 2.23. The molecular weight excluding hydrogens is 294 g/mol. The standard InChI is InChI=1S/C17H21N3O3/c1-10-5-6-12-13(8-10)17(23)20(16(12)22)9-15(21)19-14-4-3-7-18-11(14)2/h5-6,8,11,14,18H,3-4,7,9H2,1-2H3,(H,19,21). The molecule has 3 rings (SSSR count). The summed E-state index contributed by atoms with van der Waals surface area (Å²) in [4.78, 5) is 38.0. The minimum absolute atomic E-state index is 0.0358. The van der Waals surface area contributed by atoms with Crippen LogP contribution in [0, 0.1) is 6.92 Å². The molecule has 6 heteroatoms. The summed E-state index contributed by atoms with van der Waals surface area (Å²) in [6.45, 7) is 4.61. The Bertz CT molecular complexity index is 671. The first kappa shape index (κ1) is 15.7. The molecule has 0 saturated carbocycles. The summed E-state index contributed by atoms with van der Waals surface area (Å²) in [5, 5.41) is 6.23. The summed E-state index contributed by atoms with van der Waals surface area (Å²) >= 11 is 0. The van der Waals surface area contributed by atoms with E-state index in [4.69, 9.17) is 0 Å². The van der Waals surface area contributed by atoms with Crippen LogP contribution < -0.4 is 10.6 Å². The molecule has 1 fully saturated rings. The van der Waals surface area contributed by atoms with Crippen LogP contribution in [0.15, 0.2) is 18.2 Å². The lowest BCUT2D eigenvalue weighted by molar-refractivity contribution is -0.122. The van der Waals surface area contributed by atoms with E-state index in [2.05, 4.69) is 10.6 Å². The Morgan fingerprint density at radius 3 is 2.78 bits per heavy atom. The van der Waals surface area contributed by atoms with Crippen LogP contribution in [-0.2, 0) is 4.79 Å². The van der Waals surface area contributed by atoms with E-state index >= 15 is 0 Å². The number of hydrogen-bond donors (Lipinski definition) is 2. The van der Waals surface area contributed by atoms with E-state index in [1.54, 1.807) is 18.2 Å². The molecule has 2 atom stereocenters. The highest BCUT2D eigenvalue weighted by Gasteiger charge is 2.37. The van der Waals surface area contributed by atoms with Crippen LogP contribution in [0.5, 0.6) is 0 Å². The van der Waals surface area contributed by atoms with Gasteiger partial charge < -0.3 is 10.6 Å². The van der Waals surface area contributed by atoms with Gasteiger partial charge in [-0.25, -0.2) is 0 Å². The van der Waals surface area contributed by atoms with Gasteiger partial charge in [-0.3, -0.25) is 19.3 Å². The maximum absolute atomic E-state index is 12.4. The molecule has 6 nitrogen and oxygen atoms in total. The van der Waals surface area contributed by atoms with Gasteiger partial charge in [0.1, 0.15) is 6.54 Å². The Balaban J connectivity index is 1.68. The molecule has 0 spiro atoms. The van der Waals surface area contributed by atoms with Crippen LogP contribution in [-0.4, -0.2) is 47.8 Å². The molecule has 122 valence electrons. The molecule has 2 N–H and O–H groups in total. The number of rotatable bonds is 3. The van der Waals surface area contributed by atoms with Crippen LogP contribution in [0.2, 0.25) is 0 Å². The molecule has 2 heterocycles. The number of carbonyl (C=O) groups excluding carboxylic acids is 3. The number of benzene rings is 1. The number of nitrogens with zero attached hydrogens (tertiary/aromatic N) is 1. The number of imide groups is 1. The Kier molecular flexibility index (Phi) is 4.17. The van der Waals surface area contributed by atoms with Crippen LogP contribution in [0.3, 0.4) is 0 Å². The van der Waals surface area contributed by atoms with Crippen molar-refractivity contribution in [2.45, 2.75) is 38.8 Å². The van der Waals surface area contributed by atoms with Gasteiger partial charge in [-0.2, -0.15) is 0 Å². The number of amides is 3. The second-order valence-electron chi connectivity index (χ2n) is 6.30. The number of aryl methyl sites for hydroxylation is 1. The predicted molar refractivity (Wildman–Crippen MR) is 85.2 cm³/mol. The molecule has 2 aliphatic rings. The van der Waals surface area contributed by atoms with Crippen molar-refractivity contribution >= 4 is 17.7 Å².